The van der Waals surface area contributed by atoms with E-state index in [0.717, 1.165) is 22.3 Å². The molecule has 3 aliphatic rings. The zero-order chi connectivity index (χ0) is 21.5. The summed E-state index contributed by atoms with van der Waals surface area (Å²) in [5.74, 6) is -3.21. The van der Waals surface area contributed by atoms with Gasteiger partial charge in [0.15, 0.2) is 0 Å². The highest BCUT2D eigenvalue weighted by molar-refractivity contribution is 5.97. The number of carboxylic acid groups (broad SMARTS) is 1. The maximum absolute atomic E-state index is 13.5. The quantitative estimate of drug-likeness (QED) is 0.698. The van der Waals surface area contributed by atoms with Gasteiger partial charge >= 0.3 is 0 Å². The van der Waals surface area contributed by atoms with Crippen LogP contribution in [0.15, 0.2) is 72.8 Å². The summed E-state index contributed by atoms with van der Waals surface area (Å²) in [6.45, 7) is 2.46. The van der Waals surface area contributed by atoms with Crippen molar-refractivity contribution < 1.29 is 19.4 Å². The molecule has 2 atom stereocenters. The Morgan fingerprint density at radius 3 is 1.74 bits per heavy atom. The summed E-state index contributed by atoms with van der Waals surface area (Å²) in [5, 5.41) is 15.3. The fourth-order valence-electron chi connectivity index (χ4n) is 5.30. The van der Waals surface area contributed by atoms with Crippen LogP contribution in [0.4, 0.5) is 5.69 Å². The van der Waals surface area contributed by atoms with E-state index >= 15 is 0 Å². The van der Waals surface area contributed by atoms with Gasteiger partial charge in [-0.3, -0.25) is 4.79 Å². The Balaban J connectivity index is 1.56. The molecule has 1 N–H and O–H groups in total. The molecule has 3 aromatic carbocycles. The van der Waals surface area contributed by atoms with E-state index in [2.05, 4.69) is 5.32 Å². The number of carbonyl (C=O) groups is 2. The summed E-state index contributed by atoms with van der Waals surface area (Å²) in [7, 11) is 0. The largest absolute Gasteiger partial charge is 0.550 e. The van der Waals surface area contributed by atoms with Crippen molar-refractivity contribution in [2.24, 2.45) is 11.8 Å². The molecule has 31 heavy (non-hydrogen) atoms. The lowest BCUT2D eigenvalue weighted by atomic mass is 9.54. The molecule has 0 saturated carbocycles. The summed E-state index contributed by atoms with van der Waals surface area (Å²) in [6.07, 6.45) is 0. The lowest BCUT2D eigenvalue weighted by molar-refractivity contribution is -0.314. The van der Waals surface area contributed by atoms with Crippen LogP contribution in [0.25, 0.3) is 0 Å². The number of benzene rings is 3. The number of amides is 1. The number of carbonyl (C=O) groups excluding carboxylic acids is 2. The average molecular weight is 412 g/mol. The van der Waals surface area contributed by atoms with E-state index in [9.17, 15) is 14.7 Å². The molecule has 0 fully saturated rings. The summed E-state index contributed by atoms with van der Waals surface area (Å²) >= 11 is 0. The zero-order valence-corrected chi connectivity index (χ0v) is 17.1. The molecular weight excluding hydrogens is 390 g/mol. The van der Waals surface area contributed by atoms with Crippen molar-refractivity contribution in [2.75, 3.05) is 11.9 Å². The highest BCUT2D eigenvalue weighted by Crippen LogP contribution is 2.58. The molecule has 2 bridgehead atoms. The number of rotatable bonds is 5. The zero-order valence-electron chi connectivity index (χ0n) is 17.1. The third-order valence-corrected chi connectivity index (χ3v) is 6.45. The van der Waals surface area contributed by atoms with Gasteiger partial charge in [-0.15, -0.1) is 0 Å². The van der Waals surface area contributed by atoms with Crippen LogP contribution in [0.1, 0.15) is 41.0 Å². The van der Waals surface area contributed by atoms with Crippen molar-refractivity contribution in [1.82, 2.24) is 0 Å². The Hall–Kier alpha value is -3.60. The van der Waals surface area contributed by atoms with E-state index in [1.807, 2.05) is 55.5 Å². The van der Waals surface area contributed by atoms with Gasteiger partial charge in [0.1, 0.15) is 5.75 Å². The van der Waals surface area contributed by atoms with Gasteiger partial charge < -0.3 is 20.0 Å². The maximum Gasteiger partial charge on any atom is 0.229 e. The number of ether oxygens (including phenoxy) is 1. The van der Waals surface area contributed by atoms with Crippen molar-refractivity contribution in [3.8, 4) is 5.75 Å². The molecule has 0 spiro atoms. The van der Waals surface area contributed by atoms with E-state index in [1.54, 1.807) is 24.3 Å². The molecule has 0 unspecified atom stereocenters. The Kier molecular flexibility index (Phi) is 4.74. The topological polar surface area (TPSA) is 78.5 Å². The van der Waals surface area contributed by atoms with Crippen molar-refractivity contribution in [2.45, 2.75) is 18.8 Å². The highest BCUT2D eigenvalue weighted by Gasteiger charge is 2.52. The Morgan fingerprint density at radius 2 is 1.29 bits per heavy atom. The van der Waals surface area contributed by atoms with Gasteiger partial charge in [0.25, 0.3) is 0 Å². The van der Waals surface area contributed by atoms with E-state index in [0.29, 0.717) is 18.0 Å². The van der Waals surface area contributed by atoms with Crippen LogP contribution in [-0.2, 0) is 9.59 Å². The predicted octanol–water partition coefficient (Wildman–Crippen LogP) is 3.30. The molecule has 0 radical (unpaired) electrons. The number of hydrogen-bond donors (Lipinski definition) is 1. The molecule has 0 aromatic heterocycles. The minimum Gasteiger partial charge on any atom is -0.550 e. The van der Waals surface area contributed by atoms with Gasteiger partial charge in [-0.25, -0.2) is 0 Å². The van der Waals surface area contributed by atoms with Crippen LogP contribution in [0.5, 0.6) is 5.75 Å². The number of aliphatic carboxylic acids is 1. The molecule has 5 nitrogen and oxygen atoms in total. The summed E-state index contributed by atoms with van der Waals surface area (Å²) in [4.78, 5) is 25.8. The van der Waals surface area contributed by atoms with Crippen LogP contribution >= 0.6 is 0 Å². The minimum absolute atomic E-state index is 0.308. The van der Waals surface area contributed by atoms with Crippen molar-refractivity contribution in [1.29, 1.82) is 0 Å². The first kappa shape index (κ1) is 19.4. The lowest BCUT2D eigenvalue weighted by Crippen LogP contribution is -2.52. The summed E-state index contributed by atoms with van der Waals surface area (Å²) in [6, 6.07) is 22.8. The van der Waals surface area contributed by atoms with E-state index in [1.165, 1.54) is 0 Å². The van der Waals surface area contributed by atoms with E-state index < -0.39 is 23.7 Å². The molecule has 3 aliphatic carbocycles. The van der Waals surface area contributed by atoms with Gasteiger partial charge in [0.2, 0.25) is 5.91 Å². The van der Waals surface area contributed by atoms with Gasteiger partial charge in [0, 0.05) is 29.4 Å². The van der Waals surface area contributed by atoms with Crippen LogP contribution in [0.3, 0.4) is 0 Å². The first-order valence-corrected chi connectivity index (χ1v) is 10.5. The van der Waals surface area contributed by atoms with Gasteiger partial charge in [0.05, 0.1) is 12.5 Å². The standard InChI is InChI=1S/C26H23NO4/c1-2-31-16-13-11-15(12-14-16)27-25(28)23-21-17-7-3-5-9-19(17)22(24(23)26(29)30)20-10-6-4-8-18(20)21/h3-14,21-24H,2H2,1H3,(H,27,28)(H,29,30)/p-1/t21?,22?,23-,24-/m1/s1. The number of anilines is 1. The predicted molar refractivity (Wildman–Crippen MR) is 115 cm³/mol. The van der Waals surface area contributed by atoms with Crippen LogP contribution in [0.2, 0.25) is 0 Å². The van der Waals surface area contributed by atoms with Crippen LogP contribution in [0, 0.1) is 11.8 Å². The Labute approximate surface area is 180 Å². The minimum atomic E-state index is -1.19. The molecule has 0 aliphatic heterocycles. The van der Waals surface area contributed by atoms with Gasteiger partial charge in [-0.2, -0.15) is 0 Å². The van der Waals surface area contributed by atoms with Crippen LogP contribution < -0.4 is 15.2 Å². The molecule has 156 valence electrons. The molecule has 1 amide bonds. The third kappa shape index (κ3) is 3.08. The first-order chi connectivity index (χ1) is 15.1. The third-order valence-electron chi connectivity index (χ3n) is 6.45. The number of carboxylic acids is 1. The monoisotopic (exact) mass is 412 g/mol. The maximum atomic E-state index is 13.5. The average Bonchev–Trinajstić information content (AvgIpc) is 2.80. The Bertz CT molecular complexity index is 1110. The van der Waals surface area contributed by atoms with Gasteiger partial charge in [-0.1, -0.05) is 48.5 Å². The molecule has 6 rings (SSSR count). The van der Waals surface area contributed by atoms with E-state index in [-0.39, 0.29) is 11.8 Å². The molecule has 0 saturated heterocycles. The second kappa shape index (κ2) is 7.58. The molecule has 5 heteroatoms. The molecular formula is C26H22NO4-. The second-order valence-electron chi connectivity index (χ2n) is 8.03. The van der Waals surface area contributed by atoms with Crippen molar-refractivity contribution in [3.05, 3.63) is 95.1 Å². The van der Waals surface area contributed by atoms with Crippen molar-refractivity contribution >= 4 is 17.6 Å². The summed E-state index contributed by atoms with van der Waals surface area (Å²) in [5.41, 5.74) is 4.61. The second-order valence-corrected chi connectivity index (χ2v) is 8.03. The summed E-state index contributed by atoms with van der Waals surface area (Å²) < 4.78 is 5.45. The fourth-order valence-corrected chi connectivity index (χ4v) is 5.30. The molecule has 0 heterocycles. The highest BCUT2D eigenvalue weighted by atomic mass is 16.5. The fraction of sp³-hybridized carbons (Fsp3) is 0.231. The normalized spacial score (nSPS) is 22.9. The Morgan fingerprint density at radius 1 is 0.806 bits per heavy atom. The number of fused-ring (bicyclic) bond motifs is 1. The molecule has 3 aromatic rings. The van der Waals surface area contributed by atoms with E-state index in [4.69, 9.17) is 4.74 Å². The smallest absolute Gasteiger partial charge is 0.229 e. The van der Waals surface area contributed by atoms with Gasteiger partial charge in [-0.05, 0) is 53.4 Å². The van der Waals surface area contributed by atoms with Crippen molar-refractivity contribution in [3.63, 3.8) is 0 Å². The lowest BCUT2D eigenvalue weighted by Gasteiger charge is -2.50. The number of hydrogen-bond acceptors (Lipinski definition) is 4. The first-order valence-electron chi connectivity index (χ1n) is 10.5. The van der Waals surface area contributed by atoms with Crippen LogP contribution in [-0.4, -0.2) is 18.5 Å². The number of nitrogens with one attached hydrogen (secondary N) is 1. The SMILES string of the molecule is CCOc1ccc(NC(=O)[C@@H]2C3c4ccccc4C(c4ccccc43)[C@H]2C(=O)[O-])cc1.